The van der Waals surface area contributed by atoms with Gasteiger partial charge in [0.2, 0.25) is 17.6 Å². The fraction of sp³-hybridized carbons (Fsp3) is 0.438. The first kappa shape index (κ1) is 16.5. The molecule has 1 aliphatic heterocycles. The molecule has 0 N–H and O–H groups in total. The van der Waals surface area contributed by atoms with Gasteiger partial charge in [-0.25, -0.2) is 0 Å². The van der Waals surface area contributed by atoms with Gasteiger partial charge in [0.15, 0.2) is 0 Å². The van der Waals surface area contributed by atoms with Crippen LogP contribution in [-0.2, 0) is 11.0 Å². The predicted molar refractivity (Wildman–Crippen MR) is 79.0 cm³/mol. The lowest BCUT2D eigenvalue weighted by Gasteiger charge is -2.29. The summed E-state index contributed by atoms with van der Waals surface area (Å²) in [6.45, 7) is 2.67. The predicted octanol–water partition coefficient (Wildman–Crippen LogP) is 3.48. The first-order valence-electron chi connectivity index (χ1n) is 7.62. The minimum Gasteiger partial charge on any atom is -0.343 e. The third-order valence-corrected chi connectivity index (χ3v) is 4.20. The van der Waals surface area contributed by atoms with E-state index in [2.05, 4.69) is 10.1 Å². The van der Waals surface area contributed by atoms with E-state index in [-0.39, 0.29) is 23.2 Å². The molecule has 2 aromatic rings. The summed E-state index contributed by atoms with van der Waals surface area (Å²) in [5.41, 5.74) is -0.884. The summed E-state index contributed by atoms with van der Waals surface area (Å²) in [5.74, 6) is 0.232. The number of hydrogen-bond donors (Lipinski definition) is 0. The molecule has 1 aliphatic rings. The highest BCUT2D eigenvalue weighted by Crippen LogP contribution is 2.36. The van der Waals surface area contributed by atoms with E-state index in [1.807, 2.05) is 0 Å². The van der Waals surface area contributed by atoms with Crippen molar-refractivity contribution in [2.24, 2.45) is 0 Å². The van der Waals surface area contributed by atoms with Gasteiger partial charge in [0.1, 0.15) is 0 Å². The Bertz CT molecular complexity index is 734. The van der Waals surface area contributed by atoms with Crippen LogP contribution >= 0.6 is 0 Å². The average molecular weight is 339 g/mol. The molecule has 1 saturated heterocycles. The van der Waals surface area contributed by atoms with Crippen molar-refractivity contribution in [1.29, 1.82) is 0 Å². The maximum atomic E-state index is 13.1. The Morgan fingerprint density at radius 2 is 1.92 bits per heavy atom. The van der Waals surface area contributed by atoms with Crippen LogP contribution in [0.25, 0.3) is 11.4 Å². The fourth-order valence-electron chi connectivity index (χ4n) is 2.88. The van der Waals surface area contributed by atoms with Gasteiger partial charge in [-0.15, -0.1) is 0 Å². The van der Waals surface area contributed by atoms with Crippen LogP contribution in [0, 0.1) is 0 Å². The molecule has 128 valence electrons. The molecule has 1 fully saturated rings. The van der Waals surface area contributed by atoms with Crippen LogP contribution < -0.4 is 0 Å². The van der Waals surface area contributed by atoms with E-state index in [0.717, 1.165) is 6.07 Å². The second-order valence-electron chi connectivity index (χ2n) is 5.78. The quantitative estimate of drug-likeness (QED) is 0.840. The molecule has 0 spiro atoms. The number of rotatable bonds is 2. The Labute approximate surface area is 136 Å². The van der Waals surface area contributed by atoms with Crippen LogP contribution in [0.4, 0.5) is 13.2 Å². The van der Waals surface area contributed by atoms with Crippen LogP contribution in [0.15, 0.2) is 28.8 Å². The van der Waals surface area contributed by atoms with Gasteiger partial charge in [-0.3, -0.25) is 4.79 Å². The molecule has 0 atom stereocenters. The van der Waals surface area contributed by atoms with E-state index in [0.29, 0.717) is 31.8 Å². The molecular weight excluding hydrogens is 323 g/mol. The number of aromatic nitrogens is 2. The summed E-state index contributed by atoms with van der Waals surface area (Å²) in [7, 11) is 0. The lowest BCUT2D eigenvalue weighted by molar-refractivity contribution is -0.137. The third kappa shape index (κ3) is 3.27. The molecule has 0 radical (unpaired) electrons. The number of amides is 1. The average Bonchev–Trinajstić information content (AvgIpc) is 3.04. The number of nitrogens with zero attached hydrogens (tertiary/aromatic N) is 3. The van der Waals surface area contributed by atoms with Crippen LogP contribution in [0.1, 0.15) is 37.1 Å². The molecule has 0 saturated carbocycles. The third-order valence-electron chi connectivity index (χ3n) is 4.20. The Morgan fingerprint density at radius 3 is 2.54 bits per heavy atom. The van der Waals surface area contributed by atoms with E-state index in [9.17, 15) is 18.0 Å². The van der Waals surface area contributed by atoms with Crippen molar-refractivity contribution in [2.75, 3.05) is 13.1 Å². The van der Waals surface area contributed by atoms with Gasteiger partial charge in [-0.1, -0.05) is 23.4 Å². The number of carbonyl (C=O) groups excluding carboxylic acids is 1. The van der Waals surface area contributed by atoms with E-state index in [1.54, 1.807) is 4.90 Å². The van der Waals surface area contributed by atoms with Gasteiger partial charge >= 0.3 is 6.18 Å². The normalized spacial score (nSPS) is 16.4. The highest BCUT2D eigenvalue weighted by atomic mass is 19.4. The standard InChI is InChI=1S/C16H16F3N3O2/c1-10(23)22-8-6-11(7-9-22)15-20-14(21-24-15)12-4-2-3-5-13(12)16(17,18)19/h2-5,11H,6-9H2,1H3. The summed E-state index contributed by atoms with van der Waals surface area (Å²) in [6.07, 6.45) is -3.17. The number of benzene rings is 1. The monoisotopic (exact) mass is 339 g/mol. The minimum absolute atomic E-state index is 0.0128. The van der Waals surface area contributed by atoms with E-state index < -0.39 is 11.7 Å². The van der Waals surface area contributed by atoms with E-state index in [1.165, 1.54) is 25.1 Å². The Morgan fingerprint density at radius 1 is 1.25 bits per heavy atom. The van der Waals surface area contributed by atoms with Crippen molar-refractivity contribution >= 4 is 5.91 Å². The zero-order chi connectivity index (χ0) is 17.3. The van der Waals surface area contributed by atoms with Crippen LogP contribution in [0.2, 0.25) is 0 Å². The maximum absolute atomic E-state index is 13.1. The summed E-state index contributed by atoms with van der Waals surface area (Å²) in [6, 6.07) is 5.16. The van der Waals surface area contributed by atoms with Crippen molar-refractivity contribution in [2.45, 2.75) is 31.9 Å². The van der Waals surface area contributed by atoms with Crippen molar-refractivity contribution < 1.29 is 22.5 Å². The zero-order valence-electron chi connectivity index (χ0n) is 13.0. The molecule has 5 nitrogen and oxygen atoms in total. The molecule has 3 rings (SSSR count). The van der Waals surface area contributed by atoms with Crippen molar-refractivity contribution in [3.05, 3.63) is 35.7 Å². The maximum Gasteiger partial charge on any atom is 0.417 e. The van der Waals surface area contributed by atoms with Gasteiger partial charge in [0.05, 0.1) is 5.56 Å². The second-order valence-corrected chi connectivity index (χ2v) is 5.78. The molecule has 0 aliphatic carbocycles. The van der Waals surface area contributed by atoms with Gasteiger partial charge in [-0.05, 0) is 18.9 Å². The molecule has 24 heavy (non-hydrogen) atoms. The fourth-order valence-corrected chi connectivity index (χ4v) is 2.88. The number of hydrogen-bond acceptors (Lipinski definition) is 4. The van der Waals surface area contributed by atoms with Crippen molar-refractivity contribution in [3.63, 3.8) is 0 Å². The molecule has 0 unspecified atom stereocenters. The number of alkyl halides is 3. The lowest BCUT2D eigenvalue weighted by atomic mass is 9.97. The lowest BCUT2D eigenvalue weighted by Crippen LogP contribution is -2.36. The van der Waals surface area contributed by atoms with Gasteiger partial charge in [-0.2, -0.15) is 18.2 Å². The molecular formula is C16H16F3N3O2. The highest BCUT2D eigenvalue weighted by Gasteiger charge is 2.35. The van der Waals surface area contributed by atoms with Crippen LogP contribution in [0.3, 0.4) is 0 Å². The first-order chi connectivity index (χ1) is 11.4. The molecule has 8 heteroatoms. The Kier molecular flexibility index (Phi) is 4.29. The summed E-state index contributed by atoms with van der Waals surface area (Å²) in [4.78, 5) is 17.2. The minimum atomic E-state index is -4.48. The Hall–Kier alpha value is -2.38. The van der Waals surface area contributed by atoms with E-state index in [4.69, 9.17) is 4.52 Å². The van der Waals surface area contributed by atoms with Crippen LogP contribution in [0.5, 0.6) is 0 Å². The summed E-state index contributed by atoms with van der Waals surface area (Å²) in [5, 5.41) is 3.72. The van der Waals surface area contributed by atoms with Crippen molar-refractivity contribution in [3.8, 4) is 11.4 Å². The first-order valence-corrected chi connectivity index (χ1v) is 7.62. The van der Waals surface area contributed by atoms with E-state index >= 15 is 0 Å². The number of piperidine rings is 1. The molecule has 1 aromatic carbocycles. The van der Waals surface area contributed by atoms with Gasteiger partial charge in [0.25, 0.3) is 0 Å². The number of likely N-dealkylation sites (tertiary alicyclic amines) is 1. The topological polar surface area (TPSA) is 59.2 Å². The number of carbonyl (C=O) groups is 1. The molecule has 2 heterocycles. The number of halogens is 3. The molecule has 0 bridgehead atoms. The summed E-state index contributed by atoms with van der Waals surface area (Å²) < 4.78 is 44.5. The Balaban J connectivity index is 1.81. The smallest absolute Gasteiger partial charge is 0.343 e. The van der Waals surface area contributed by atoms with Crippen molar-refractivity contribution in [1.82, 2.24) is 15.0 Å². The zero-order valence-corrected chi connectivity index (χ0v) is 13.0. The molecule has 1 amide bonds. The highest BCUT2D eigenvalue weighted by molar-refractivity contribution is 5.73. The largest absolute Gasteiger partial charge is 0.417 e. The van der Waals surface area contributed by atoms with Gasteiger partial charge < -0.3 is 9.42 Å². The van der Waals surface area contributed by atoms with Crippen LogP contribution in [-0.4, -0.2) is 34.0 Å². The summed E-state index contributed by atoms with van der Waals surface area (Å²) >= 11 is 0. The van der Waals surface area contributed by atoms with Gasteiger partial charge in [0, 0.05) is 31.5 Å². The SMILES string of the molecule is CC(=O)N1CCC(c2nc(-c3ccccc3C(F)(F)F)no2)CC1. The second kappa shape index (κ2) is 6.26. The molecule has 1 aromatic heterocycles.